The number of fused-ring (bicyclic) bond motifs is 1. The Morgan fingerprint density at radius 2 is 1.89 bits per heavy atom. The zero-order chi connectivity index (χ0) is 6.43. The summed E-state index contributed by atoms with van der Waals surface area (Å²) < 4.78 is 0. The summed E-state index contributed by atoms with van der Waals surface area (Å²) in [5.41, 5.74) is 0. The molecule has 0 saturated heterocycles. The van der Waals surface area contributed by atoms with Gasteiger partial charge in [-0.25, -0.2) is 0 Å². The summed E-state index contributed by atoms with van der Waals surface area (Å²) in [5.74, 6) is 4.38. The van der Waals surface area contributed by atoms with Gasteiger partial charge in [0.25, 0.3) is 0 Å². The van der Waals surface area contributed by atoms with E-state index in [0.29, 0.717) is 0 Å². The van der Waals surface area contributed by atoms with E-state index in [1.807, 2.05) is 0 Å². The third kappa shape index (κ3) is 0.798. The Labute approximate surface area is 57.6 Å². The molecule has 2 unspecified atom stereocenters. The molecule has 0 bridgehead atoms. The van der Waals surface area contributed by atoms with E-state index in [1.54, 1.807) is 6.42 Å². The van der Waals surface area contributed by atoms with Crippen LogP contribution in [0, 0.1) is 23.7 Å². The first-order valence-corrected chi connectivity index (χ1v) is 4.29. The second-order valence-corrected chi connectivity index (χ2v) is 4.07. The minimum absolute atomic E-state index is 1.02. The normalized spacial score (nSPS) is 56.7. The second-order valence-electron chi connectivity index (χ2n) is 4.07. The average Bonchev–Trinajstić information content (AvgIpc) is 2.58. The molecular formula is C9H16. The van der Waals surface area contributed by atoms with E-state index in [4.69, 9.17) is 0 Å². The molecule has 0 N–H and O–H groups in total. The summed E-state index contributed by atoms with van der Waals surface area (Å²) >= 11 is 0. The van der Waals surface area contributed by atoms with E-state index in [-0.39, 0.29) is 0 Å². The summed E-state index contributed by atoms with van der Waals surface area (Å²) in [4.78, 5) is 0. The van der Waals surface area contributed by atoms with Crippen molar-refractivity contribution in [2.24, 2.45) is 23.7 Å². The van der Waals surface area contributed by atoms with Gasteiger partial charge in [0.15, 0.2) is 0 Å². The number of rotatable bonds is 0. The lowest BCUT2D eigenvalue weighted by Gasteiger charge is -2.24. The number of hydrogen-bond donors (Lipinski definition) is 0. The van der Waals surface area contributed by atoms with Crippen LogP contribution in [0.25, 0.3) is 0 Å². The molecule has 0 aliphatic heterocycles. The molecule has 2 fully saturated rings. The van der Waals surface area contributed by atoms with Crippen LogP contribution in [0.4, 0.5) is 0 Å². The van der Waals surface area contributed by atoms with Crippen molar-refractivity contribution >= 4 is 0 Å². The van der Waals surface area contributed by atoms with Crippen LogP contribution in [0.1, 0.15) is 33.1 Å². The molecule has 0 aromatic rings. The molecule has 2 aliphatic rings. The first kappa shape index (κ1) is 5.76. The van der Waals surface area contributed by atoms with E-state index in [0.717, 1.165) is 23.7 Å². The molecule has 0 heterocycles. The van der Waals surface area contributed by atoms with Crippen molar-refractivity contribution in [3.05, 3.63) is 0 Å². The molecule has 0 aromatic carbocycles. The molecule has 0 spiro atoms. The van der Waals surface area contributed by atoms with E-state index in [1.165, 1.54) is 12.8 Å². The lowest BCUT2D eigenvalue weighted by atomic mass is 9.82. The summed E-state index contributed by atoms with van der Waals surface area (Å²) in [6, 6.07) is 0. The van der Waals surface area contributed by atoms with Gasteiger partial charge < -0.3 is 0 Å². The van der Waals surface area contributed by atoms with Gasteiger partial charge in [-0.3, -0.25) is 0 Å². The van der Waals surface area contributed by atoms with Crippen LogP contribution in [0.15, 0.2) is 0 Å². The Morgan fingerprint density at radius 1 is 1.11 bits per heavy atom. The number of hydrogen-bond acceptors (Lipinski definition) is 0. The Kier molecular flexibility index (Phi) is 1.12. The third-order valence-electron chi connectivity index (χ3n) is 3.54. The minimum Gasteiger partial charge on any atom is -0.0622 e. The molecule has 52 valence electrons. The summed E-state index contributed by atoms with van der Waals surface area (Å²) in [6.07, 6.45) is 4.60. The van der Waals surface area contributed by atoms with Crippen LogP contribution in [-0.4, -0.2) is 0 Å². The van der Waals surface area contributed by atoms with Crippen molar-refractivity contribution in [3.8, 4) is 0 Å². The molecule has 0 radical (unpaired) electrons. The van der Waals surface area contributed by atoms with Crippen LogP contribution in [0.2, 0.25) is 0 Å². The third-order valence-corrected chi connectivity index (χ3v) is 3.54. The topological polar surface area (TPSA) is 0 Å². The van der Waals surface area contributed by atoms with E-state index >= 15 is 0 Å². The quantitative estimate of drug-likeness (QED) is 0.465. The fourth-order valence-electron chi connectivity index (χ4n) is 2.41. The highest BCUT2D eigenvalue weighted by Crippen LogP contribution is 2.54. The van der Waals surface area contributed by atoms with Crippen LogP contribution >= 0.6 is 0 Å². The van der Waals surface area contributed by atoms with Crippen molar-refractivity contribution in [2.75, 3.05) is 0 Å². The van der Waals surface area contributed by atoms with Gasteiger partial charge in [0.2, 0.25) is 0 Å². The van der Waals surface area contributed by atoms with Gasteiger partial charge in [-0.1, -0.05) is 20.3 Å². The van der Waals surface area contributed by atoms with Crippen molar-refractivity contribution in [3.63, 3.8) is 0 Å². The van der Waals surface area contributed by atoms with Crippen molar-refractivity contribution in [1.82, 2.24) is 0 Å². The lowest BCUT2D eigenvalue weighted by molar-refractivity contribution is 0.259. The van der Waals surface area contributed by atoms with Gasteiger partial charge in [-0.2, -0.15) is 0 Å². The molecule has 2 rings (SSSR count). The Balaban J connectivity index is 2.02. The molecule has 0 amide bonds. The highest BCUT2D eigenvalue weighted by Gasteiger charge is 2.45. The fraction of sp³-hybridized carbons (Fsp3) is 1.00. The maximum Gasteiger partial charge on any atom is -0.0355 e. The fourth-order valence-corrected chi connectivity index (χ4v) is 2.41. The Bertz CT molecular complexity index is 115. The molecule has 2 aliphatic carbocycles. The van der Waals surface area contributed by atoms with Gasteiger partial charge in [-0.15, -0.1) is 0 Å². The second kappa shape index (κ2) is 1.74. The molecule has 9 heavy (non-hydrogen) atoms. The minimum atomic E-state index is 1.02. The summed E-state index contributed by atoms with van der Waals surface area (Å²) in [7, 11) is 0. The predicted molar refractivity (Wildman–Crippen MR) is 39.2 cm³/mol. The summed E-state index contributed by atoms with van der Waals surface area (Å²) in [6.45, 7) is 4.85. The highest BCUT2D eigenvalue weighted by atomic mass is 14.5. The zero-order valence-corrected chi connectivity index (χ0v) is 6.43. The van der Waals surface area contributed by atoms with E-state index in [2.05, 4.69) is 13.8 Å². The first-order chi connectivity index (χ1) is 4.29. The Morgan fingerprint density at radius 3 is 2.56 bits per heavy atom. The van der Waals surface area contributed by atoms with Gasteiger partial charge in [0.1, 0.15) is 0 Å². The molecule has 2 saturated carbocycles. The van der Waals surface area contributed by atoms with Crippen LogP contribution in [0.5, 0.6) is 0 Å². The predicted octanol–water partition coefficient (Wildman–Crippen LogP) is 2.69. The van der Waals surface area contributed by atoms with Gasteiger partial charge in [0.05, 0.1) is 0 Å². The zero-order valence-electron chi connectivity index (χ0n) is 6.43. The van der Waals surface area contributed by atoms with Crippen molar-refractivity contribution < 1.29 is 0 Å². The van der Waals surface area contributed by atoms with E-state index < -0.39 is 0 Å². The molecule has 0 nitrogen and oxygen atoms in total. The molecule has 0 aromatic heterocycles. The monoisotopic (exact) mass is 124 g/mol. The van der Waals surface area contributed by atoms with Gasteiger partial charge in [-0.05, 0) is 36.5 Å². The van der Waals surface area contributed by atoms with Gasteiger partial charge >= 0.3 is 0 Å². The smallest absolute Gasteiger partial charge is 0.0355 e. The van der Waals surface area contributed by atoms with Crippen LogP contribution in [0.3, 0.4) is 0 Å². The van der Waals surface area contributed by atoms with Crippen molar-refractivity contribution in [2.45, 2.75) is 33.1 Å². The maximum atomic E-state index is 2.44. The molecular weight excluding hydrogens is 108 g/mol. The molecule has 0 heteroatoms. The molecule has 4 atom stereocenters. The average molecular weight is 124 g/mol. The van der Waals surface area contributed by atoms with E-state index in [9.17, 15) is 0 Å². The maximum absolute atomic E-state index is 2.44. The SMILES string of the molecule is CC1CCC2C[C@@H]2[C@@H]1C. The summed E-state index contributed by atoms with van der Waals surface area (Å²) in [5, 5.41) is 0. The van der Waals surface area contributed by atoms with Crippen molar-refractivity contribution in [1.29, 1.82) is 0 Å². The largest absolute Gasteiger partial charge is 0.0622 e. The van der Waals surface area contributed by atoms with Gasteiger partial charge in [0, 0.05) is 0 Å². The van der Waals surface area contributed by atoms with Crippen LogP contribution in [-0.2, 0) is 0 Å². The lowest BCUT2D eigenvalue weighted by Crippen LogP contribution is -2.15. The highest BCUT2D eigenvalue weighted by molar-refractivity contribution is 4.95. The standard InChI is InChI=1S/C9H16/c1-6-3-4-8-5-9(8)7(6)2/h6-9H,3-5H2,1-2H3/t6?,7-,8?,9-/m1/s1. The van der Waals surface area contributed by atoms with Crippen LogP contribution < -0.4 is 0 Å². The first-order valence-electron chi connectivity index (χ1n) is 4.29. The Hall–Kier alpha value is 0.